The minimum Gasteiger partial charge on any atom is -0.347 e. The minimum absolute atomic E-state index is 0.0216. The lowest BCUT2D eigenvalue weighted by Crippen LogP contribution is -2.21. The van der Waals surface area contributed by atoms with Gasteiger partial charge in [-0.2, -0.15) is 0 Å². The number of amides is 1. The molecule has 2 rings (SSSR count). The molecular weight excluding hydrogens is 254 g/mol. The first kappa shape index (κ1) is 13.8. The van der Waals surface area contributed by atoms with Crippen LogP contribution in [-0.4, -0.2) is 5.91 Å². The second kappa shape index (κ2) is 6.02. The smallest absolute Gasteiger partial charge is 0.261 e. The van der Waals surface area contributed by atoms with E-state index in [1.165, 1.54) is 16.0 Å². The number of carbonyl (C=O) groups is 1. The fourth-order valence-corrected chi connectivity index (χ4v) is 2.99. The Balaban J connectivity index is 1.99. The van der Waals surface area contributed by atoms with E-state index in [9.17, 15) is 4.79 Å². The highest BCUT2D eigenvalue weighted by molar-refractivity contribution is 7.14. The molecule has 0 saturated heterocycles. The van der Waals surface area contributed by atoms with Crippen LogP contribution in [0.4, 0.5) is 0 Å². The van der Waals surface area contributed by atoms with Crippen molar-refractivity contribution in [2.24, 2.45) is 0 Å². The van der Waals surface area contributed by atoms with Crippen LogP contribution in [-0.2, 0) is 13.0 Å². The number of hydrogen-bond donors (Lipinski definition) is 1. The molecule has 0 unspecified atom stereocenters. The predicted molar refractivity (Wildman–Crippen MR) is 80.8 cm³/mol. The van der Waals surface area contributed by atoms with E-state index in [0.717, 1.165) is 16.9 Å². The molecule has 2 nitrogen and oxygen atoms in total. The highest BCUT2D eigenvalue weighted by Gasteiger charge is 2.11. The summed E-state index contributed by atoms with van der Waals surface area (Å²) in [6.45, 7) is 6.82. The normalized spacial score (nSPS) is 10.5. The van der Waals surface area contributed by atoms with Crippen LogP contribution in [0.15, 0.2) is 30.3 Å². The van der Waals surface area contributed by atoms with E-state index in [1.54, 1.807) is 11.3 Å². The molecule has 0 aliphatic heterocycles. The first-order valence-corrected chi connectivity index (χ1v) is 7.35. The average molecular weight is 273 g/mol. The van der Waals surface area contributed by atoms with Crippen LogP contribution in [0.3, 0.4) is 0 Å². The summed E-state index contributed by atoms with van der Waals surface area (Å²) in [5.74, 6) is 0.0216. The molecule has 19 heavy (non-hydrogen) atoms. The van der Waals surface area contributed by atoms with Gasteiger partial charge in [-0.1, -0.05) is 36.8 Å². The summed E-state index contributed by atoms with van der Waals surface area (Å²) in [4.78, 5) is 14.2. The Morgan fingerprint density at radius 2 is 1.89 bits per heavy atom. The van der Waals surface area contributed by atoms with Crippen LogP contribution in [0.5, 0.6) is 0 Å². The monoisotopic (exact) mass is 273 g/mol. The van der Waals surface area contributed by atoms with Crippen molar-refractivity contribution < 1.29 is 4.79 Å². The van der Waals surface area contributed by atoms with Crippen LogP contribution in [0, 0.1) is 13.8 Å². The van der Waals surface area contributed by atoms with Gasteiger partial charge in [0.05, 0.1) is 4.88 Å². The third-order valence-corrected chi connectivity index (χ3v) is 4.52. The summed E-state index contributed by atoms with van der Waals surface area (Å²) < 4.78 is 0. The van der Waals surface area contributed by atoms with Gasteiger partial charge in [0.1, 0.15) is 0 Å². The van der Waals surface area contributed by atoms with Gasteiger partial charge in [0.15, 0.2) is 0 Å². The first-order valence-electron chi connectivity index (χ1n) is 6.53. The molecular formula is C16H19NOS. The largest absolute Gasteiger partial charge is 0.347 e. The van der Waals surface area contributed by atoms with Crippen molar-refractivity contribution in [1.82, 2.24) is 5.32 Å². The molecule has 0 radical (unpaired) electrons. The maximum atomic E-state index is 12.1. The topological polar surface area (TPSA) is 29.1 Å². The zero-order chi connectivity index (χ0) is 13.8. The molecule has 0 fully saturated rings. The molecule has 1 aromatic carbocycles. The van der Waals surface area contributed by atoms with Crippen molar-refractivity contribution in [3.05, 3.63) is 56.8 Å². The molecule has 1 heterocycles. The fourth-order valence-electron chi connectivity index (χ4n) is 1.96. The second-order valence-electron chi connectivity index (χ2n) is 4.74. The molecule has 0 aliphatic rings. The van der Waals surface area contributed by atoms with Gasteiger partial charge in [-0.25, -0.2) is 0 Å². The summed E-state index contributed by atoms with van der Waals surface area (Å²) in [6, 6.07) is 10.2. The van der Waals surface area contributed by atoms with Gasteiger partial charge in [-0.05, 0) is 37.5 Å². The molecule has 100 valence electrons. The zero-order valence-electron chi connectivity index (χ0n) is 11.6. The number of carbonyl (C=O) groups excluding carboxylic acids is 1. The lowest BCUT2D eigenvalue weighted by molar-refractivity contribution is 0.0955. The van der Waals surface area contributed by atoms with Crippen LogP contribution >= 0.6 is 11.3 Å². The summed E-state index contributed by atoms with van der Waals surface area (Å²) >= 11 is 1.59. The van der Waals surface area contributed by atoms with Crippen LogP contribution in [0.1, 0.15) is 38.2 Å². The average Bonchev–Trinajstić information content (AvgIpc) is 2.79. The number of hydrogen-bond acceptors (Lipinski definition) is 2. The molecule has 1 amide bonds. The summed E-state index contributed by atoms with van der Waals surface area (Å²) in [5, 5.41) is 2.97. The van der Waals surface area contributed by atoms with E-state index < -0.39 is 0 Å². The third kappa shape index (κ3) is 3.44. The molecule has 1 N–H and O–H groups in total. The Hall–Kier alpha value is -1.61. The second-order valence-corrected chi connectivity index (χ2v) is 5.88. The van der Waals surface area contributed by atoms with E-state index in [2.05, 4.69) is 38.2 Å². The predicted octanol–water partition coefficient (Wildman–Crippen LogP) is 3.86. The Bertz CT molecular complexity index is 569. The van der Waals surface area contributed by atoms with E-state index >= 15 is 0 Å². The number of thiophene rings is 1. The van der Waals surface area contributed by atoms with Gasteiger partial charge in [-0.15, -0.1) is 11.3 Å². The van der Waals surface area contributed by atoms with Crippen LogP contribution in [0.25, 0.3) is 0 Å². The van der Waals surface area contributed by atoms with Crippen molar-refractivity contribution in [2.45, 2.75) is 33.7 Å². The lowest BCUT2D eigenvalue weighted by Gasteiger charge is -2.04. The highest BCUT2D eigenvalue weighted by Crippen LogP contribution is 2.22. The standard InChI is InChI=1S/C16H19NOS/c1-4-14-12(3)9-15(19-14)16(18)17-10-13-7-5-11(2)6-8-13/h5-9H,4,10H2,1-3H3,(H,17,18). The molecule has 0 atom stereocenters. The Morgan fingerprint density at radius 3 is 2.47 bits per heavy atom. The first-order chi connectivity index (χ1) is 9.10. The molecule has 1 aromatic heterocycles. The maximum absolute atomic E-state index is 12.1. The van der Waals surface area contributed by atoms with Crippen molar-refractivity contribution in [3.8, 4) is 0 Å². The zero-order valence-corrected chi connectivity index (χ0v) is 12.4. The number of aryl methyl sites for hydroxylation is 3. The lowest BCUT2D eigenvalue weighted by atomic mass is 10.1. The number of nitrogens with one attached hydrogen (secondary N) is 1. The van der Waals surface area contributed by atoms with E-state index in [1.807, 2.05) is 18.2 Å². The maximum Gasteiger partial charge on any atom is 0.261 e. The van der Waals surface area contributed by atoms with Gasteiger partial charge in [0, 0.05) is 11.4 Å². The highest BCUT2D eigenvalue weighted by atomic mass is 32.1. The Kier molecular flexibility index (Phi) is 4.38. The number of benzene rings is 1. The fraction of sp³-hybridized carbons (Fsp3) is 0.312. The summed E-state index contributed by atoms with van der Waals surface area (Å²) in [7, 11) is 0. The van der Waals surface area contributed by atoms with Crippen molar-refractivity contribution in [1.29, 1.82) is 0 Å². The molecule has 3 heteroatoms. The van der Waals surface area contributed by atoms with Crippen LogP contribution < -0.4 is 5.32 Å². The van der Waals surface area contributed by atoms with Crippen LogP contribution in [0.2, 0.25) is 0 Å². The van der Waals surface area contributed by atoms with E-state index in [0.29, 0.717) is 6.54 Å². The third-order valence-electron chi connectivity index (χ3n) is 3.14. The molecule has 0 spiro atoms. The van der Waals surface area contributed by atoms with Crippen molar-refractivity contribution in [3.63, 3.8) is 0 Å². The summed E-state index contributed by atoms with van der Waals surface area (Å²) in [6.07, 6.45) is 0.988. The Morgan fingerprint density at radius 1 is 1.21 bits per heavy atom. The van der Waals surface area contributed by atoms with Gasteiger partial charge in [0.25, 0.3) is 5.91 Å². The molecule has 0 bridgehead atoms. The van der Waals surface area contributed by atoms with Gasteiger partial charge < -0.3 is 5.32 Å². The summed E-state index contributed by atoms with van der Waals surface area (Å²) in [5.41, 5.74) is 3.58. The van der Waals surface area contributed by atoms with Crippen molar-refractivity contribution >= 4 is 17.2 Å². The van der Waals surface area contributed by atoms with Gasteiger partial charge in [-0.3, -0.25) is 4.79 Å². The molecule has 2 aromatic rings. The Labute approximate surface area is 118 Å². The quantitative estimate of drug-likeness (QED) is 0.900. The van der Waals surface area contributed by atoms with Gasteiger partial charge in [0.2, 0.25) is 0 Å². The minimum atomic E-state index is 0.0216. The number of rotatable bonds is 4. The van der Waals surface area contributed by atoms with E-state index in [-0.39, 0.29) is 5.91 Å². The van der Waals surface area contributed by atoms with E-state index in [4.69, 9.17) is 0 Å². The molecule has 0 aliphatic carbocycles. The molecule has 0 saturated carbocycles. The SMILES string of the molecule is CCc1sc(C(=O)NCc2ccc(C)cc2)cc1C. The van der Waals surface area contributed by atoms with Crippen molar-refractivity contribution in [2.75, 3.05) is 0 Å². The van der Waals surface area contributed by atoms with Gasteiger partial charge >= 0.3 is 0 Å².